The number of nitrogens with two attached hydrogens (primary N) is 1. The third-order valence-corrected chi connectivity index (χ3v) is 3.62. The summed E-state index contributed by atoms with van der Waals surface area (Å²) in [5, 5.41) is 12.5. The maximum Gasteiger partial charge on any atom is 0.125 e. The molecule has 0 aliphatic heterocycles. The number of hydrogen-bond donors (Lipinski definition) is 3. The summed E-state index contributed by atoms with van der Waals surface area (Å²) in [6.07, 6.45) is 3.41. The van der Waals surface area contributed by atoms with Gasteiger partial charge in [-0.3, -0.25) is 0 Å². The number of aliphatic hydroxyl groups is 1. The molecule has 2 rings (SSSR count). The van der Waals surface area contributed by atoms with Crippen molar-refractivity contribution in [2.75, 3.05) is 24.2 Å². The Morgan fingerprint density at radius 1 is 1.35 bits per heavy atom. The minimum Gasteiger partial charge on any atom is -0.397 e. The van der Waals surface area contributed by atoms with Gasteiger partial charge in [-0.1, -0.05) is 6.42 Å². The number of anilines is 2. The van der Waals surface area contributed by atoms with Crippen molar-refractivity contribution in [3.63, 3.8) is 0 Å². The molecule has 4 N–H and O–H groups in total. The lowest BCUT2D eigenvalue weighted by Gasteiger charge is -2.19. The molecule has 0 spiro atoms. The molecular weight excluding hydrogens is 219 g/mol. The molecule has 0 amide bonds. The second kappa shape index (κ2) is 5.36. The predicted molar refractivity (Wildman–Crippen MR) is 67.2 cm³/mol. The second-order valence-corrected chi connectivity index (χ2v) is 4.75. The minimum absolute atomic E-state index is 0.255. The fourth-order valence-corrected chi connectivity index (χ4v) is 2.56. The number of rotatable bonds is 4. The van der Waals surface area contributed by atoms with Crippen LogP contribution in [0.4, 0.5) is 15.8 Å². The lowest BCUT2D eigenvalue weighted by atomic mass is 9.97. The summed E-state index contributed by atoms with van der Waals surface area (Å²) in [5.74, 6) is 0.566. The molecule has 1 aromatic carbocycles. The van der Waals surface area contributed by atoms with Crippen molar-refractivity contribution >= 4 is 11.4 Å². The number of hydrogen-bond acceptors (Lipinski definition) is 3. The molecule has 3 nitrogen and oxygen atoms in total. The van der Waals surface area contributed by atoms with Gasteiger partial charge in [-0.25, -0.2) is 4.39 Å². The number of nitrogens with one attached hydrogen (secondary N) is 1. The summed E-state index contributed by atoms with van der Waals surface area (Å²) >= 11 is 0. The molecule has 0 aromatic heterocycles. The highest BCUT2D eigenvalue weighted by Gasteiger charge is 2.26. The summed E-state index contributed by atoms with van der Waals surface area (Å²) < 4.78 is 12.9. The third kappa shape index (κ3) is 2.88. The molecule has 0 bridgehead atoms. The third-order valence-electron chi connectivity index (χ3n) is 3.62. The first kappa shape index (κ1) is 12.2. The smallest absolute Gasteiger partial charge is 0.125 e. The molecule has 1 saturated carbocycles. The zero-order valence-corrected chi connectivity index (χ0v) is 9.82. The van der Waals surface area contributed by atoms with Crippen LogP contribution in [-0.2, 0) is 0 Å². The number of benzene rings is 1. The van der Waals surface area contributed by atoms with Crippen LogP contribution in [0.15, 0.2) is 18.2 Å². The van der Waals surface area contributed by atoms with Crippen LogP contribution < -0.4 is 11.1 Å². The van der Waals surface area contributed by atoms with Gasteiger partial charge in [0.1, 0.15) is 5.82 Å². The summed E-state index contributed by atoms with van der Waals surface area (Å²) in [6.45, 7) is 1.05. The van der Waals surface area contributed by atoms with E-state index in [2.05, 4.69) is 5.32 Å². The van der Waals surface area contributed by atoms with Crippen molar-refractivity contribution in [1.82, 2.24) is 0 Å². The van der Waals surface area contributed by atoms with Crippen LogP contribution in [0.3, 0.4) is 0 Å². The molecule has 1 aromatic rings. The monoisotopic (exact) mass is 238 g/mol. The van der Waals surface area contributed by atoms with Crippen LogP contribution in [-0.4, -0.2) is 18.3 Å². The molecule has 1 fully saturated rings. The molecule has 0 heterocycles. The molecule has 1 aliphatic carbocycles. The normalized spacial score (nSPS) is 23.9. The maximum atomic E-state index is 12.9. The van der Waals surface area contributed by atoms with E-state index in [1.807, 2.05) is 0 Å². The van der Waals surface area contributed by atoms with Gasteiger partial charge < -0.3 is 16.2 Å². The van der Waals surface area contributed by atoms with Crippen LogP contribution in [0.5, 0.6) is 0 Å². The Balaban J connectivity index is 1.93. The van der Waals surface area contributed by atoms with Crippen LogP contribution >= 0.6 is 0 Å². The first-order valence-corrected chi connectivity index (χ1v) is 6.10. The summed E-state index contributed by atoms with van der Waals surface area (Å²) in [5.41, 5.74) is 6.93. The van der Waals surface area contributed by atoms with Gasteiger partial charge in [-0.05, 0) is 42.9 Å². The van der Waals surface area contributed by atoms with Crippen LogP contribution in [0.2, 0.25) is 0 Å². The van der Waals surface area contributed by atoms with Gasteiger partial charge in [0.2, 0.25) is 0 Å². The lowest BCUT2D eigenvalue weighted by Crippen LogP contribution is -2.21. The van der Waals surface area contributed by atoms with Gasteiger partial charge in [-0.15, -0.1) is 0 Å². The average molecular weight is 238 g/mol. The van der Waals surface area contributed by atoms with E-state index < -0.39 is 0 Å². The summed E-state index contributed by atoms with van der Waals surface area (Å²) in [4.78, 5) is 0. The highest BCUT2D eigenvalue weighted by atomic mass is 19.1. The molecule has 4 heteroatoms. The Morgan fingerprint density at radius 3 is 2.82 bits per heavy atom. The predicted octanol–water partition coefficient (Wildman–Crippen LogP) is 2.23. The Kier molecular flexibility index (Phi) is 3.84. The van der Waals surface area contributed by atoms with Crippen LogP contribution in [0, 0.1) is 17.7 Å². The van der Waals surface area contributed by atoms with Crippen LogP contribution in [0.1, 0.15) is 19.3 Å². The van der Waals surface area contributed by atoms with Crippen molar-refractivity contribution in [2.24, 2.45) is 11.8 Å². The Morgan fingerprint density at radius 2 is 2.12 bits per heavy atom. The van der Waals surface area contributed by atoms with Crippen molar-refractivity contribution < 1.29 is 9.50 Å². The fourth-order valence-electron chi connectivity index (χ4n) is 2.56. The van der Waals surface area contributed by atoms with Gasteiger partial charge >= 0.3 is 0 Å². The highest BCUT2D eigenvalue weighted by Crippen LogP contribution is 2.32. The summed E-state index contributed by atoms with van der Waals surface area (Å²) in [7, 11) is 0. The Labute approximate surface area is 101 Å². The lowest BCUT2D eigenvalue weighted by molar-refractivity contribution is 0.199. The van der Waals surface area contributed by atoms with E-state index in [0.29, 0.717) is 17.5 Å². The second-order valence-electron chi connectivity index (χ2n) is 4.75. The zero-order chi connectivity index (χ0) is 12.3. The molecule has 0 radical (unpaired) electrons. The number of aliphatic hydroxyl groups excluding tert-OH is 1. The minimum atomic E-state index is -0.317. The van der Waals surface area contributed by atoms with E-state index in [1.165, 1.54) is 18.6 Å². The first-order chi connectivity index (χ1) is 8.20. The van der Waals surface area contributed by atoms with Crippen molar-refractivity contribution in [3.8, 4) is 0 Å². The van der Waals surface area contributed by atoms with E-state index in [4.69, 9.17) is 5.73 Å². The Bertz CT molecular complexity index is 384. The number of nitrogen functional groups attached to an aromatic ring is 1. The zero-order valence-electron chi connectivity index (χ0n) is 9.82. The molecule has 1 aliphatic rings. The van der Waals surface area contributed by atoms with E-state index in [1.54, 1.807) is 6.07 Å². The molecule has 2 atom stereocenters. The highest BCUT2D eigenvalue weighted by molar-refractivity contribution is 5.65. The van der Waals surface area contributed by atoms with Gasteiger partial charge in [0.15, 0.2) is 0 Å². The topological polar surface area (TPSA) is 58.3 Å². The average Bonchev–Trinajstić information content (AvgIpc) is 2.75. The van der Waals surface area contributed by atoms with E-state index >= 15 is 0 Å². The Hall–Kier alpha value is -1.29. The quantitative estimate of drug-likeness (QED) is 0.705. The van der Waals surface area contributed by atoms with Gasteiger partial charge in [-0.2, -0.15) is 0 Å². The molecule has 2 unspecified atom stereocenters. The van der Waals surface area contributed by atoms with Gasteiger partial charge in [0.05, 0.1) is 11.4 Å². The standard InChI is InChI=1S/C13H19FN2O/c14-11-4-5-13(12(15)6-11)16-7-9-2-1-3-10(9)8-17/h4-6,9-10,16-17H,1-3,7-8,15H2. The van der Waals surface area contributed by atoms with Crippen molar-refractivity contribution in [1.29, 1.82) is 0 Å². The molecule has 94 valence electrons. The fraction of sp³-hybridized carbons (Fsp3) is 0.538. The SMILES string of the molecule is Nc1cc(F)ccc1NCC1CCCC1CO. The van der Waals surface area contributed by atoms with Crippen molar-refractivity contribution in [2.45, 2.75) is 19.3 Å². The van der Waals surface area contributed by atoms with E-state index in [9.17, 15) is 9.50 Å². The summed E-state index contributed by atoms with van der Waals surface area (Å²) in [6, 6.07) is 4.38. The first-order valence-electron chi connectivity index (χ1n) is 6.10. The van der Waals surface area contributed by atoms with Crippen molar-refractivity contribution in [3.05, 3.63) is 24.0 Å². The largest absolute Gasteiger partial charge is 0.397 e. The maximum absolute atomic E-state index is 12.9. The molecule has 17 heavy (non-hydrogen) atoms. The van der Waals surface area contributed by atoms with Gasteiger partial charge in [0, 0.05) is 13.2 Å². The van der Waals surface area contributed by atoms with Crippen LogP contribution in [0.25, 0.3) is 0 Å². The number of halogens is 1. The van der Waals surface area contributed by atoms with E-state index in [0.717, 1.165) is 25.1 Å². The van der Waals surface area contributed by atoms with Gasteiger partial charge in [0.25, 0.3) is 0 Å². The molecular formula is C13H19FN2O. The molecule has 0 saturated heterocycles. The van der Waals surface area contributed by atoms with E-state index in [-0.39, 0.29) is 12.4 Å².